The van der Waals surface area contributed by atoms with E-state index < -0.39 is 5.79 Å². The molecule has 3 heterocycles. The zero-order chi connectivity index (χ0) is 17.3. The predicted molar refractivity (Wildman–Crippen MR) is 101 cm³/mol. The van der Waals surface area contributed by atoms with Crippen molar-refractivity contribution in [3.8, 4) is 0 Å². The Hall–Kier alpha value is -1.62. The number of hydrogen-bond donors (Lipinski definition) is 1. The highest BCUT2D eigenvalue weighted by Crippen LogP contribution is 2.33. The van der Waals surface area contributed by atoms with Crippen molar-refractivity contribution in [2.45, 2.75) is 44.9 Å². The van der Waals surface area contributed by atoms with E-state index in [-0.39, 0.29) is 6.04 Å². The molecule has 0 saturated carbocycles. The molecule has 2 aromatic rings. The summed E-state index contributed by atoms with van der Waals surface area (Å²) in [6.45, 7) is 7.79. The van der Waals surface area contributed by atoms with Gasteiger partial charge >= 0.3 is 0 Å². The maximum Gasteiger partial charge on any atom is 0.181 e. The largest absolute Gasteiger partial charge is 0.361 e. The summed E-state index contributed by atoms with van der Waals surface area (Å²) in [6.07, 6.45) is 7.71. The SMILES string of the molecule is CCC1=CCC(C2(C)OCCO2)N(CCc2c[nH]c3ccccc23)C1. The molecule has 1 N–H and O–H groups in total. The highest BCUT2D eigenvalue weighted by Gasteiger charge is 2.43. The number of para-hydroxylation sites is 1. The molecule has 2 aliphatic rings. The summed E-state index contributed by atoms with van der Waals surface area (Å²) >= 11 is 0. The average molecular weight is 340 g/mol. The van der Waals surface area contributed by atoms with Gasteiger partial charge in [0, 0.05) is 30.2 Å². The Kier molecular flexibility index (Phi) is 4.67. The minimum Gasteiger partial charge on any atom is -0.361 e. The Balaban J connectivity index is 1.52. The van der Waals surface area contributed by atoms with Crippen LogP contribution in [0.25, 0.3) is 10.9 Å². The van der Waals surface area contributed by atoms with Crippen LogP contribution < -0.4 is 0 Å². The van der Waals surface area contributed by atoms with Crippen molar-refractivity contribution in [1.29, 1.82) is 0 Å². The summed E-state index contributed by atoms with van der Waals surface area (Å²) in [4.78, 5) is 5.95. The van der Waals surface area contributed by atoms with Crippen LogP contribution in [0.1, 0.15) is 32.3 Å². The third kappa shape index (κ3) is 3.26. The van der Waals surface area contributed by atoms with Crippen molar-refractivity contribution < 1.29 is 9.47 Å². The van der Waals surface area contributed by atoms with Crippen LogP contribution in [0.3, 0.4) is 0 Å². The van der Waals surface area contributed by atoms with Crippen LogP contribution in [0.2, 0.25) is 0 Å². The first-order valence-corrected chi connectivity index (χ1v) is 9.44. The van der Waals surface area contributed by atoms with E-state index in [2.05, 4.69) is 60.3 Å². The Labute approximate surface area is 149 Å². The van der Waals surface area contributed by atoms with Gasteiger partial charge in [-0.3, -0.25) is 4.90 Å². The third-order valence-electron chi connectivity index (χ3n) is 5.74. The molecular formula is C21H28N2O2. The molecule has 0 amide bonds. The summed E-state index contributed by atoms with van der Waals surface area (Å²) in [5.41, 5.74) is 4.13. The zero-order valence-electron chi connectivity index (χ0n) is 15.3. The molecule has 1 fully saturated rings. The van der Waals surface area contributed by atoms with E-state index >= 15 is 0 Å². The first-order valence-electron chi connectivity index (χ1n) is 9.44. The number of fused-ring (bicyclic) bond motifs is 1. The average Bonchev–Trinajstić information content (AvgIpc) is 3.27. The lowest BCUT2D eigenvalue weighted by atomic mass is 9.94. The normalized spacial score (nSPS) is 23.9. The number of benzene rings is 1. The van der Waals surface area contributed by atoms with Gasteiger partial charge in [0.25, 0.3) is 0 Å². The van der Waals surface area contributed by atoms with E-state index in [4.69, 9.17) is 9.47 Å². The van der Waals surface area contributed by atoms with E-state index in [0.29, 0.717) is 13.2 Å². The fraction of sp³-hybridized carbons (Fsp3) is 0.524. The van der Waals surface area contributed by atoms with Gasteiger partial charge in [0.05, 0.1) is 19.3 Å². The molecule has 0 spiro atoms. The van der Waals surface area contributed by atoms with Gasteiger partial charge in [-0.2, -0.15) is 0 Å². The van der Waals surface area contributed by atoms with Gasteiger partial charge in [0.15, 0.2) is 5.79 Å². The smallest absolute Gasteiger partial charge is 0.181 e. The van der Waals surface area contributed by atoms with Crippen molar-refractivity contribution in [2.75, 3.05) is 26.3 Å². The lowest BCUT2D eigenvalue weighted by molar-refractivity contribution is -0.189. The van der Waals surface area contributed by atoms with E-state index in [1.54, 1.807) is 0 Å². The topological polar surface area (TPSA) is 37.5 Å². The van der Waals surface area contributed by atoms with Crippen molar-refractivity contribution in [1.82, 2.24) is 9.88 Å². The molecule has 25 heavy (non-hydrogen) atoms. The molecule has 2 aliphatic heterocycles. The summed E-state index contributed by atoms with van der Waals surface area (Å²) in [7, 11) is 0. The number of ether oxygens (including phenoxy) is 2. The summed E-state index contributed by atoms with van der Waals surface area (Å²) in [6, 6.07) is 8.83. The quantitative estimate of drug-likeness (QED) is 0.839. The summed E-state index contributed by atoms with van der Waals surface area (Å²) in [5, 5.41) is 1.34. The van der Waals surface area contributed by atoms with Crippen LogP contribution in [-0.4, -0.2) is 48.0 Å². The van der Waals surface area contributed by atoms with Crippen molar-refractivity contribution in [3.05, 3.63) is 47.7 Å². The number of H-pyrrole nitrogens is 1. The van der Waals surface area contributed by atoms with E-state index in [9.17, 15) is 0 Å². The molecule has 4 nitrogen and oxygen atoms in total. The van der Waals surface area contributed by atoms with Crippen LogP contribution in [0.4, 0.5) is 0 Å². The standard InChI is InChI=1S/C21H28N2O2/c1-3-16-8-9-20(21(2)24-12-13-25-21)23(15-16)11-10-17-14-22-19-7-5-4-6-18(17)19/h4-8,14,20,22H,3,9-13,15H2,1-2H3. The maximum absolute atomic E-state index is 5.99. The van der Waals surface area contributed by atoms with E-state index in [1.807, 2.05) is 0 Å². The second kappa shape index (κ2) is 6.94. The van der Waals surface area contributed by atoms with Crippen LogP contribution in [0.5, 0.6) is 0 Å². The second-order valence-corrected chi connectivity index (χ2v) is 7.26. The highest BCUT2D eigenvalue weighted by atomic mass is 16.7. The van der Waals surface area contributed by atoms with Gasteiger partial charge in [-0.15, -0.1) is 0 Å². The van der Waals surface area contributed by atoms with E-state index in [1.165, 1.54) is 22.0 Å². The maximum atomic E-state index is 5.99. The van der Waals surface area contributed by atoms with Gasteiger partial charge in [0.1, 0.15) is 0 Å². The Morgan fingerprint density at radius 1 is 1.24 bits per heavy atom. The van der Waals surface area contributed by atoms with Gasteiger partial charge in [-0.05, 0) is 37.8 Å². The number of hydrogen-bond acceptors (Lipinski definition) is 3. The number of aromatic nitrogens is 1. The number of nitrogens with zero attached hydrogens (tertiary/aromatic N) is 1. The first kappa shape index (κ1) is 16.8. The molecule has 4 rings (SSSR count). The lowest BCUT2D eigenvalue weighted by Gasteiger charge is -2.43. The second-order valence-electron chi connectivity index (χ2n) is 7.26. The van der Waals surface area contributed by atoms with Crippen LogP contribution in [-0.2, 0) is 15.9 Å². The Bertz CT molecular complexity index is 758. The molecule has 1 unspecified atom stereocenters. The third-order valence-corrected chi connectivity index (χ3v) is 5.74. The van der Waals surface area contributed by atoms with Gasteiger partial charge in [0.2, 0.25) is 0 Å². The lowest BCUT2D eigenvalue weighted by Crippen LogP contribution is -2.54. The van der Waals surface area contributed by atoms with Crippen molar-refractivity contribution in [3.63, 3.8) is 0 Å². The Morgan fingerprint density at radius 2 is 2.04 bits per heavy atom. The molecule has 1 aromatic carbocycles. The minimum absolute atomic E-state index is 0.288. The number of aromatic amines is 1. The molecule has 134 valence electrons. The van der Waals surface area contributed by atoms with Crippen LogP contribution in [0, 0.1) is 0 Å². The van der Waals surface area contributed by atoms with Crippen LogP contribution >= 0.6 is 0 Å². The summed E-state index contributed by atoms with van der Waals surface area (Å²) < 4.78 is 12.0. The fourth-order valence-corrected chi connectivity index (χ4v) is 4.22. The minimum atomic E-state index is -0.476. The van der Waals surface area contributed by atoms with Crippen LogP contribution in [0.15, 0.2) is 42.1 Å². The predicted octanol–water partition coefficient (Wildman–Crippen LogP) is 3.88. The fourth-order valence-electron chi connectivity index (χ4n) is 4.22. The van der Waals surface area contributed by atoms with Gasteiger partial charge in [-0.1, -0.05) is 36.8 Å². The van der Waals surface area contributed by atoms with Crippen molar-refractivity contribution in [2.24, 2.45) is 0 Å². The van der Waals surface area contributed by atoms with Crippen molar-refractivity contribution >= 4 is 10.9 Å². The molecular weight excluding hydrogens is 312 g/mol. The molecule has 1 atom stereocenters. The molecule has 0 radical (unpaired) electrons. The first-order chi connectivity index (χ1) is 12.2. The summed E-state index contributed by atoms with van der Waals surface area (Å²) in [5.74, 6) is -0.476. The zero-order valence-corrected chi connectivity index (χ0v) is 15.3. The van der Waals surface area contributed by atoms with Gasteiger partial charge < -0.3 is 14.5 Å². The van der Waals surface area contributed by atoms with Gasteiger partial charge in [-0.25, -0.2) is 0 Å². The number of nitrogens with one attached hydrogen (secondary N) is 1. The molecule has 4 heteroatoms. The molecule has 0 bridgehead atoms. The Morgan fingerprint density at radius 3 is 2.84 bits per heavy atom. The number of rotatable bonds is 5. The molecule has 0 aliphatic carbocycles. The van der Waals surface area contributed by atoms with E-state index in [0.717, 1.165) is 32.4 Å². The highest BCUT2D eigenvalue weighted by molar-refractivity contribution is 5.83. The molecule has 1 saturated heterocycles. The monoisotopic (exact) mass is 340 g/mol. The molecule has 1 aromatic heterocycles.